The van der Waals surface area contributed by atoms with Crippen LogP contribution in [0, 0.1) is 0 Å². The summed E-state index contributed by atoms with van der Waals surface area (Å²) in [4.78, 5) is 22.2. The van der Waals surface area contributed by atoms with Gasteiger partial charge in [-0.2, -0.15) is 8.42 Å². The van der Waals surface area contributed by atoms with E-state index in [1.165, 1.54) is 38.1 Å². The van der Waals surface area contributed by atoms with Gasteiger partial charge in [0.25, 0.3) is 0 Å². The fraction of sp³-hybridized carbons (Fsp3) is 0.222. The highest BCUT2D eigenvalue weighted by Crippen LogP contribution is 2.20. The molecule has 2 rings (SSSR count). The molecule has 0 amide bonds. The molecule has 0 aliphatic rings. The third-order valence-corrected chi connectivity index (χ3v) is 4.71. The van der Waals surface area contributed by atoms with Crippen LogP contribution in [-0.2, 0) is 21.3 Å². The molecule has 6 heteroatoms. The molecule has 0 saturated heterocycles. The van der Waals surface area contributed by atoms with Crippen molar-refractivity contribution in [3.8, 4) is 5.75 Å². The SMILES string of the molecule is CC(=O)CCc1ccc(OS(=O)(=O)c2ccc(C(C)=O)cc2)cc1. The number of carbonyl (C=O) groups excluding carboxylic acids is 2. The average Bonchev–Trinajstić information content (AvgIpc) is 2.54. The van der Waals surface area contributed by atoms with Crippen LogP contribution in [0.25, 0.3) is 0 Å². The topological polar surface area (TPSA) is 77.5 Å². The lowest BCUT2D eigenvalue weighted by molar-refractivity contribution is -0.116. The van der Waals surface area contributed by atoms with Crippen LogP contribution in [0.15, 0.2) is 53.4 Å². The van der Waals surface area contributed by atoms with Gasteiger partial charge in [-0.25, -0.2) is 0 Å². The molecule has 24 heavy (non-hydrogen) atoms. The lowest BCUT2D eigenvalue weighted by Crippen LogP contribution is -2.10. The fourth-order valence-corrected chi connectivity index (χ4v) is 2.99. The number of ketones is 2. The highest BCUT2D eigenvalue weighted by molar-refractivity contribution is 7.87. The van der Waals surface area contributed by atoms with Gasteiger partial charge in [0.05, 0.1) is 0 Å². The molecule has 0 bridgehead atoms. The van der Waals surface area contributed by atoms with E-state index in [2.05, 4.69) is 0 Å². The zero-order valence-corrected chi connectivity index (χ0v) is 14.3. The van der Waals surface area contributed by atoms with E-state index >= 15 is 0 Å². The van der Waals surface area contributed by atoms with Gasteiger partial charge in [-0.05, 0) is 50.1 Å². The van der Waals surface area contributed by atoms with Gasteiger partial charge in [0, 0.05) is 12.0 Å². The second-order valence-electron chi connectivity index (χ2n) is 5.46. The van der Waals surface area contributed by atoms with Crippen molar-refractivity contribution < 1.29 is 22.2 Å². The molecular weight excluding hydrogens is 328 g/mol. The Bertz CT molecular complexity index is 834. The van der Waals surface area contributed by atoms with Gasteiger partial charge in [-0.1, -0.05) is 24.3 Å². The standard InChI is InChI=1S/C18H18O5S/c1-13(19)3-4-15-5-9-17(10-6-15)23-24(21,22)18-11-7-16(8-12-18)14(2)20/h5-12H,3-4H2,1-2H3. The lowest BCUT2D eigenvalue weighted by Gasteiger charge is -2.08. The highest BCUT2D eigenvalue weighted by atomic mass is 32.2. The van der Waals surface area contributed by atoms with E-state index in [9.17, 15) is 18.0 Å². The Morgan fingerprint density at radius 2 is 1.50 bits per heavy atom. The molecule has 0 aliphatic carbocycles. The van der Waals surface area contributed by atoms with Crippen LogP contribution in [0.3, 0.4) is 0 Å². The number of aryl methyl sites for hydroxylation is 1. The molecule has 2 aromatic rings. The summed E-state index contributed by atoms with van der Waals surface area (Å²) in [5.41, 5.74) is 1.37. The zero-order chi connectivity index (χ0) is 17.7. The van der Waals surface area contributed by atoms with E-state index in [1.54, 1.807) is 24.3 Å². The van der Waals surface area contributed by atoms with Crippen LogP contribution in [0.4, 0.5) is 0 Å². The molecule has 0 N–H and O–H groups in total. The van der Waals surface area contributed by atoms with Gasteiger partial charge in [0.1, 0.15) is 16.4 Å². The zero-order valence-electron chi connectivity index (χ0n) is 13.5. The summed E-state index contributed by atoms with van der Waals surface area (Å²) in [6, 6.07) is 12.1. The Morgan fingerprint density at radius 1 is 0.917 bits per heavy atom. The van der Waals surface area contributed by atoms with Crippen molar-refractivity contribution in [2.75, 3.05) is 0 Å². The van der Waals surface area contributed by atoms with Crippen LogP contribution >= 0.6 is 0 Å². The predicted octanol–water partition coefficient (Wildman–Crippen LogP) is 3.18. The van der Waals surface area contributed by atoms with Gasteiger partial charge >= 0.3 is 10.1 Å². The van der Waals surface area contributed by atoms with E-state index in [0.29, 0.717) is 18.4 Å². The van der Waals surface area contributed by atoms with Crippen LogP contribution in [0.2, 0.25) is 0 Å². The monoisotopic (exact) mass is 346 g/mol. The molecule has 0 atom stereocenters. The van der Waals surface area contributed by atoms with E-state index in [0.717, 1.165) is 5.56 Å². The Balaban J connectivity index is 2.11. The first kappa shape index (κ1) is 17.9. The predicted molar refractivity (Wildman–Crippen MR) is 89.7 cm³/mol. The summed E-state index contributed by atoms with van der Waals surface area (Å²) in [5.74, 6) is 0.158. The minimum absolute atomic E-state index is 0.0202. The highest BCUT2D eigenvalue weighted by Gasteiger charge is 2.17. The van der Waals surface area contributed by atoms with Crippen molar-refractivity contribution in [3.05, 3.63) is 59.7 Å². The number of benzene rings is 2. The largest absolute Gasteiger partial charge is 0.379 e. The molecule has 0 radical (unpaired) electrons. The van der Waals surface area contributed by atoms with Crippen molar-refractivity contribution in [3.63, 3.8) is 0 Å². The Kier molecular flexibility index (Phi) is 5.51. The summed E-state index contributed by atoms with van der Waals surface area (Å²) in [7, 11) is -3.96. The summed E-state index contributed by atoms with van der Waals surface area (Å²) < 4.78 is 29.6. The second kappa shape index (κ2) is 7.40. The number of rotatable bonds is 7. The molecule has 126 valence electrons. The van der Waals surface area contributed by atoms with E-state index < -0.39 is 10.1 Å². The first-order valence-electron chi connectivity index (χ1n) is 7.42. The maximum absolute atomic E-state index is 12.2. The molecule has 0 spiro atoms. The molecule has 2 aromatic carbocycles. The van der Waals surface area contributed by atoms with E-state index in [4.69, 9.17) is 4.18 Å². The molecule has 5 nitrogen and oxygen atoms in total. The van der Waals surface area contributed by atoms with E-state index in [-0.39, 0.29) is 22.2 Å². The van der Waals surface area contributed by atoms with Crippen LogP contribution in [0.1, 0.15) is 36.2 Å². The fourth-order valence-electron chi connectivity index (χ4n) is 2.06. The molecule has 0 saturated carbocycles. The van der Waals surface area contributed by atoms with Crippen LogP contribution in [-0.4, -0.2) is 20.0 Å². The Labute approximate surface area is 141 Å². The Morgan fingerprint density at radius 3 is 2.00 bits per heavy atom. The lowest BCUT2D eigenvalue weighted by atomic mass is 10.1. The normalized spacial score (nSPS) is 11.1. The molecule has 0 unspecified atom stereocenters. The summed E-state index contributed by atoms with van der Waals surface area (Å²) in [5, 5.41) is 0. The van der Waals surface area contributed by atoms with E-state index in [1.807, 2.05) is 0 Å². The van der Waals surface area contributed by atoms with Crippen molar-refractivity contribution in [2.45, 2.75) is 31.6 Å². The van der Waals surface area contributed by atoms with Crippen molar-refractivity contribution in [2.24, 2.45) is 0 Å². The summed E-state index contributed by atoms with van der Waals surface area (Å²) in [6.45, 7) is 2.94. The third kappa shape index (κ3) is 4.76. The van der Waals surface area contributed by atoms with Crippen LogP contribution < -0.4 is 4.18 Å². The smallest absolute Gasteiger partial charge is 0.339 e. The molecule has 0 fully saturated rings. The number of hydrogen-bond donors (Lipinski definition) is 0. The first-order valence-corrected chi connectivity index (χ1v) is 8.82. The maximum Gasteiger partial charge on any atom is 0.339 e. The number of Topliss-reactive ketones (excluding diaryl/α,β-unsaturated/α-hetero) is 2. The van der Waals surface area contributed by atoms with Crippen molar-refractivity contribution >= 4 is 21.7 Å². The maximum atomic E-state index is 12.2. The molecule has 0 aromatic heterocycles. The van der Waals surface area contributed by atoms with Crippen LogP contribution in [0.5, 0.6) is 5.75 Å². The van der Waals surface area contributed by atoms with Gasteiger partial charge in [-0.3, -0.25) is 4.79 Å². The average molecular weight is 346 g/mol. The second-order valence-corrected chi connectivity index (χ2v) is 7.01. The molecule has 0 aliphatic heterocycles. The minimum Gasteiger partial charge on any atom is -0.379 e. The van der Waals surface area contributed by atoms with Gasteiger partial charge < -0.3 is 8.98 Å². The minimum atomic E-state index is -3.96. The molecular formula is C18H18O5S. The van der Waals surface area contributed by atoms with Gasteiger partial charge in [0.15, 0.2) is 5.78 Å². The molecule has 0 heterocycles. The van der Waals surface area contributed by atoms with Gasteiger partial charge in [-0.15, -0.1) is 0 Å². The summed E-state index contributed by atoms with van der Waals surface area (Å²) >= 11 is 0. The Hall–Kier alpha value is -2.47. The van der Waals surface area contributed by atoms with Crippen molar-refractivity contribution in [1.82, 2.24) is 0 Å². The quantitative estimate of drug-likeness (QED) is 0.568. The number of carbonyl (C=O) groups is 2. The van der Waals surface area contributed by atoms with Crippen molar-refractivity contribution in [1.29, 1.82) is 0 Å². The third-order valence-electron chi connectivity index (χ3n) is 3.44. The van der Waals surface area contributed by atoms with Gasteiger partial charge in [0.2, 0.25) is 0 Å². The first-order chi connectivity index (χ1) is 11.3. The summed E-state index contributed by atoms with van der Waals surface area (Å²) in [6.07, 6.45) is 1.05. The number of hydrogen-bond acceptors (Lipinski definition) is 5.